The van der Waals surface area contributed by atoms with E-state index in [9.17, 15) is 24.0 Å². The first kappa shape index (κ1) is 22.0. The van der Waals surface area contributed by atoms with Crippen molar-refractivity contribution in [3.63, 3.8) is 0 Å². The highest BCUT2D eigenvalue weighted by molar-refractivity contribution is 7.12. The lowest BCUT2D eigenvalue weighted by Crippen LogP contribution is -2.35. The maximum Gasteiger partial charge on any atom is 0.308 e. The molecule has 2 heterocycles. The molecule has 0 aromatic carbocycles. The van der Waals surface area contributed by atoms with Gasteiger partial charge in [0.1, 0.15) is 5.69 Å². The topological polar surface area (TPSA) is 124 Å². The second-order valence-electron chi connectivity index (χ2n) is 6.04. The minimum Gasteiger partial charge on any atom is -0.456 e. The predicted octanol–water partition coefficient (Wildman–Crippen LogP) is 1.06. The minimum absolute atomic E-state index is 0.0226. The summed E-state index contributed by atoms with van der Waals surface area (Å²) in [6.07, 6.45) is 1.64. The van der Waals surface area contributed by atoms with Crippen molar-refractivity contribution in [2.24, 2.45) is 7.05 Å². The zero-order valence-corrected chi connectivity index (χ0v) is 16.6. The van der Waals surface area contributed by atoms with E-state index < -0.39 is 24.4 Å². The van der Waals surface area contributed by atoms with E-state index in [0.717, 1.165) is 0 Å². The van der Waals surface area contributed by atoms with Gasteiger partial charge < -0.3 is 14.6 Å². The Morgan fingerprint density at radius 1 is 1.03 bits per heavy atom. The van der Waals surface area contributed by atoms with Crippen LogP contribution in [0.4, 0.5) is 0 Å². The van der Waals surface area contributed by atoms with E-state index in [4.69, 9.17) is 4.74 Å². The summed E-state index contributed by atoms with van der Waals surface area (Å²) in [7, 11) is 1.66. The van der Waals surface area contributed by atoms with E-state index in [2.05, 4.69) is 10.6 Å². The quantitative estimate of drug-likeness (QED) is 0.438. The molecule has 0 saturated heterocycles. The fraction of sp³-hybridized carbons (Fsp3) is 0.316. The lowest BCUT2D eigenvalue weighted by molar-refractivity contribution is -0.148. The van der Waals surface area contributed by atoms with Crippen molar-refractivity contribution in [1.82, 2.24) is 15.2 Å². The first-order valence-electron chi connectivity index (χ1n) is 8.81. The first-order valence-corrected chi connectivity index (χ1v) is 9.69. The average Bonchev–Trinajstić information content (AvgIpc) is 3.36. The fourth-order valence-electron chi connectivity index (χ4n) is 2.32. The molecule has 0 radical (unpaired) electrons. The molecule has 9 nitrogen and oxygen atoms in total. The number of carbonyl (C=O) groups is 5. The third kappa shape index (κ3) is 7.34. The van der Waals surface area contributed by atoms with Gasteiger partial charge in [0.2, 0.25) is 5.91 Å². The van der Waals surface area contributed by atoms with Gasteiger partial charge in [-0.05, 0) is 23.6 Å². The van der Waals surface area contributed by atoms with Crippen LogP contribution in [0.2, 0.25) is 0 Å². The van der Waals surface area contributed by atoms with Crippen molar-refractivity contribution in [3.8, 4) is 0 Å². The maximum absolute atomic E-state index is 11.8. The van der Waals surface area contributed by atoms with Gasteiger partial charge in [0.15, 0.2) is 12.4 Å². The zero-order chi connectivity index (χ0) is 21.2. The number of carbonyl (C=O) groups excluding carboxylic acids is 5. The Labute approximate surface area is 171 Å². The van der Waals surface area contributed by atoms with Crippen LogP contribution in [0.25, 0.3) is 0 Å². The van der Waals surface area contributed by atoms with Gasteiger partial charge in [0, 0.05) is 32.6 Å². The molecule has 2 rings (SSSR count). The van der Waals surface area contributed by atoms with Gasteiger partial charge >= 0.3 is 5.97 Å². The molecule has 2 N–H and O–H groups in total. The maximum atomic E-state index is 11.8. The number of hydrogen-bond acceptors (Lipinski definition) is 7. The monoisotopic (exact) mass is 419 g/mol. The van der Waals surface area contributed by atoms with Crippen LogP contribution >= 0.6 is 11.3 Å². The third-order valence-corrected chi connectivity index (χ3v) is 4.73. The molecule has 0 atom stereocenters. The molecular formula is C19H21N3O6S. The smallest absolute Gasteiger partial charge is 0.308 e. The summed E-state index contributed by atoms with van der Waals surface area (Å²) in [6.45, 7) is -0.576. The number of Topliss-reactive ketones (excluding diaryl/α,β-unsaturated/α-hetero) is 1. The van der Waals surface area contributed by atoms with Crippen molar-refractivity contribution < 1.29 is 28.7 Å². The molecule has 3 amide bonds. The number of imide groups is 1. The standard InChI is InChI=1S/C19H21N3O6S/c1-22-10-2-4-13(22)19(27)21-17(25)12-28-18(26)8-9-20-16(24)7-6-14(23)15-5-3-11-29-15/h2-5,10-11H,6-9,12H2,1H3,(H,20,24)(H,21,25,27). The van der Waals surface area contributed by atoms with Gasteiger partial charge in [-0.25, -0.2) is 0 Å². The average molecular weight is 419 g/mol. The highest BCUT2D eigenvalue weighted by Crippen LogP contribution is 2.12. The van der Waals surface area contributed by atoms with Gasteiger partial charge in [-0.1, -0.05) is 6.07 Å². The molecule has 0 fully saturated rings. The molecule has 0 bridgehead atoms. The van der Waals surface area contributed by atoms with Gasteiger partial charge in [-0.15, -0.1) is 11.3 Å². The van der Waals surface area contributed by atoms with E-state index in [1.165, 1.54) is 11.3 Å². The van der Waals surface area contributed by atoms with Crippen LogP contribution in [0.15, 0.2) is 35.8 Å². The summed E-state index contributed by atoms with van der Waals surface area (Å²) in [6, 6.07) is 6.67. The predicted molar refractivity (Wildman–Crippen MR) is 104 cm³/mol. The van der Waals surface area contributed by atoms with E-state index in [1.807, 2.05) is 0 Å². The Bertz CT molecular complexity index is 888. The number of ether oxygens (including phenoxy) is 1. The summed E-state index contributed by atoms with van der Waals surface area (Å²) in [5.41, 5.74) is 0.296. The second-order valence-corrected chi connectivity index (χ2v) is 6.99. The Morgan fingerprint density at radius 3 is 2.48 bits per heavy atom. The van der Waals surface area contributed by atoms with Gasteiger partial charge in [-0.3, -0.25) is 29.3 Å². The lowest BCUT2D eigenvalue weighted by Gasteiger charge is -2.07. The van der Waals surface area contributed by atoms with E-state index >= 15 is 0 Å². The lowest BCUT2D eigenvalue weighted by atomic mass is 10.2. The molecule has 0 aliphatic carbocycles. The number of amides is 3. The number of nitrogens with one attached hydrogen (secondary N) is 2. The molecule has 10 heteroatoms. The van der Waals surface area contributed by atoms with Crippen LogP contribution < -0.4 is 10.6 Å². The molecule has 154 valence electrons. The number of nitrogens with zero attached hydrogens (tertiary/aromatic N) is 1. The van der Waals surface area contributed by atoms with Crippen LogP contribution in [0, 0.1) is 0 Å². The molecule has 0 aliphatic rings. The van der Waals surface area contributed by atoms with Crippen LogP contribution in [0.1, 0.15) is 39.4 Å². The molecule has 0 spiro atoms. The van der Waals surface area contributed by atoms with Crippen LogP contribution in [0.5, 0.6) is 0 Å². The number of thiophene rings is 1. The van der Waals surface area contributed by atoms with E-state index in [1.54, 1.807) is 47.5 Å². The highest BCUT2D eigenvalue weighted by atomic mass is 32.1. The fourth-order valence-corrected chi connectivity index (χ4v) is 3.02. The molecular weight excluding hydrogens is 398 g/mol. The van der Waals surface area contributed by atoms with E-state index in [0.29, 0.717) is 10.6 Å². The largest absolute Gasteiger partial charge is 0.456 e. The first-order chi connectivity index (χ1) is 13.9. The summed E-state index contributed by atoms with van der Waals surface area (Å²) >= 11 is 1.32. The number of esters is 1. The molecule has 2 aromatic rings. The molecule has 0 unspecified atom stereocenters. The number of rotatable bonds is 10. The number of aromatic nitrogens is 1. The highest BCUT2D eigenvalue weighted by Gasteiger charge is 2.15. The Kier molecular flexibility index (Phi) is 8.28. The van der Waals surface area contributed by atoms with Crippen molar-refractivity contribution in [1.29, 1.82) is 0 Å². The molecule has 0 aliphatic heterocycles. The molecule has 29 heavy (non-hydrogen) atoms. The second kappa shape index (κ2) is 10.9. The zero-order valence-electron chi connectivity index (χ0n) is 15.8. The summed E-state index contributed by atoms with van der Waals surface area (Å²) in [5, 5.41) is 6.42. The third-order valence-electron chi connectivity index (χ3n) is 3.82. The van der Waals surface area contributed by atoms with Crippen molar-refractivity contribution in [3.05, 3.63) is 46.4 Å². The van der Waals surface area contributed by atoms with Gasteiger partial charge in [0.05, 0.1) is 11.3 Å². The summed E-state index contributed by atoms with van der Waals surface area (Å²) in [4.78, 5) is 59.3. The minimum atomic E-state index is -0.749. The van der Waals surface area contributed by atoms with E-state index in [-0.39, 0.29) is 37.5 Å². The molecule has 2 aromatic heterocycles. The van der Waals surface area contributed by atoms with Gasteiger partial charge in [-0.2, -0.15) is 0 Å². The SMILES string of the molecule is Cn1cccc1C(=O)NC(=O)COC(=O)CCNC(=O)CCC(=O)c1cccs1. The van der Waals surface area contributed by atoms with Gasteiger partial charge in [0.25, 0.3) is 11.8 Å². The van der Waals surface area contributed by atoms with Crippen molar-refractivity contribution in [2.75, 3.05) is 13.2 Å². The van der Waals surface area contributed by atoms with Crippen LogP contribution in [-0.2, 0) is 26.2 Å². The van der Waals surface area contributed by atoms with Crippen molar-refractivity contribution in [2.45, 2.75) is 19.3 Å². The number of hydrogen-bond donors (Lipinski definition) is 2. The normalized spacial score (nSPS) is 10.2. The molecule has 0 saturated carbocycles. The number of aryl methyl sites for hydroxylation is 1. The number of ketones is 1. The van der Waals surface area contributed by atoms with Crippen LogP contribution in [-0.4, -0.2) is 47.2 Å². The Hall–Kier alpha value is -3.27. The summed E-state index contributed by atoms with van der Waals surface area (Å²) in [5.74, 6) is -2.50. The van der Waals surface area contributed by atoms with Crippen molar-refractivity contribution >= 4 is 40.8 Å². The summed E-state index contributed by atoms with van der Waals surface area (Å²) < 4.78 is 6.31. The Morgan fingerprint density at radius 2 is 1.83 bits per heavy atom. The van der Waals surface area contributed by atoms with Crippen LogP contribution in [0.3, 0.4) is 0 Å². The Balaban J connectivity index is 1.57.